The molecule has 1 amide bonds. The second kappa shape index (κ2) is 9.83. The number of carbonyl (C=O) groups is 1. The van der Waals surface area contributed by atoms with Crippen LogP contribution in [0.3, 0.4) is 0 Å². The van der Waals surface area contributed by atoms with Gasteiger partial charge in [-0.15, -0.1) is 0 Å². The van der Waals surface area contributed by atoms with Crippen molar-refractivity contribution in [3.63, 3.8) is 0 Å². The highest BCUT2D eigenvalue weighted by molar-refractivity contribution is 7.80. The van der Waals surface area contributed by atoms with E-state index in [4.69, 9.17) is 21.4 Å². The number of anilines is 1. The number of benzene rings is 3. The quantitative estimate of drug-likeness (QED) is 0.337. The number of nitrogens with zero attached hydrogens (tertiary/aromatic N) is 1. The lowest BCUT2D eigenvalue weighted by Gasteiger charge is -2.11. The van der Waals surface area contributed by atoms with Gasteiger partial charge in [0.25, 0.3) is 5.91 Å². The molecule has 0 aliphatic heterocycles. The van der Waals surface area contributed by atoms with E-state index in [1.54, 1.807) is 24.3 Å². The summed E-state index contributed by atoms with van der Waals surface area (Å²) in [7, 11) is 1.52. The molecule has 0 spiro atoms. The molecule has 4 rings (SSSR count). The second-order valence-corrected chi connectivity index (χ2v) is 8.15. The smallest absolute Gasteiger partial charge is 0.261 e. The van der Waals surface area contributed by atoms with Gasteiger partial charge in [0.2, 0.25) is 5.89 Å². The lowest BCUT2D eigenvalue weighted by Crippen LogP contribution is -2.34. The zero-order chi connectivity index (χ0) is 23.4. The van der Waals surface area contributed by atoms with E-state index in [1.165, 1.54) is 12.7 Å². The van der Waals surface area contributed by atoms with Gasteiger partial charge in [0.05, 0.1) is 12.7 Å². The van der Waals surface area contributed by atoms with Crippen LogP contribution in [0.5, 0.6) is 5.75 Å². The van der Waals surface area contributed by atoms with Crippen molar-refractivity contribution >= 4 is 40.0 Å². The predicted molar refractivity (Wildman–Crippen MR) is 135 cm³/mol. The van der Waals surface area contributed by atoms with E-state index < -0.39 is 0 Å². The van der Waals surface area contributed by atoms with Crippen molar-refractivity contribution in [2.75, 3.05) is 12.4 Å². The molecule has 0 fully saturated rings. The van der Waals surface area contributed by atoms with Gasteiger partial charge in [0.15, 0.2) is 10.7 Å². The first-order chi connectivity index (χ1) is 16.0. The van der Waals surface area contributed by atoms with Gasteiger partial charge in [-0.2, -0.15) is 0 Å². The van der Waals surface area contributed by atoms with E-state index >= 15 is 0 Å². The van der Waals surface area contributed by atoms with Gasteiger partial charge in [-0.25, -0.2) is 4.98 Å². The summed E-state index contributed by atoms with van der Waals surface area (Å²) in [6.45, 7) is 4.38. The Hall–Kier alpha value is -3.71. The highest BCUT2D eigenvalue weighted by Crippen LogP contribution is 2.28. The number of methoxy groups -OCH3 is 1. The van der Waals surface area contributed by atoms with Crippen LogP contribution >= 0.6 is 12.2 Å². The summed E-state index contributed by atoms with van der Waals surface area (Å²) < 4.78 is 11.2. The number of aromatic nitrogens is 1. The van der Waals surface area contributed by atoms with Gasteiger partial charge in [0.1, 0.15) is 11.3 Å². The van der Waals surface area contributed by atoms with Crippen molar-refractivity contribution in [2.45, 2.75) is 26.2 Å². The van der Waals surface area contributed by atoms with Crippen LogP contribution in [0.1, 0.15) is 42.1 Å². The lowest BCUT2D eigenvalue weighted by atomic mass is 9.98. The molecule has 1 heterocycles. The summed E-state index contributed by atoms with van der Waals surface area (Å²) in [6.07, 6.45) is 1.08. The largest absolute Gasteiger partial charge is 0.496 e. The Bertz CT molecular complexity index is 1300. The predicted octanol–water partition coefficient (Wildman–Crippen LogP) is 6.14. The summed E-state index contributed by atoms with van der Waals surface area (Å²) in [4.78, 5) is 17.2. The first-order valence-corrected chi connectivity index (χ1v) is 11.2. The van der Waals surface area contributed by atoms with Gasteiger partial charge in [-0.05, 0) is 78.7 Å². The molecule has 0 aliphatic rings. The second-order valence-electron chi connectivity index (χ2n) is 7.74. The molecule has 7 heteroatoms. The van der Waals surface area contributed by atoms with Crippen molar-refractivity contribution in [3.05, 3.63) is 77.9 Å². The first kappa shape index (κ1) is 22.5. The zero-order valence-corrected chi connectivity index (χ0v) is 19.5. The van der Waals surface area contributed by atoms with Crippen LogP contribution in [0.15, 0.2) is 71.1 Å². The van der Waals surface area contributed by atoms with E-state index in [1.807, 2.05) is 30.3 Å². The summed E-state index contributed by atoms with van der Waals surface area (Å²) in [5.41, 5.74) is 4.87. The maximum Gasteiger partial charge on any atom is 0.261 e. The van der Waals surface area contributed by atoms with E-state index in [9.17, 15) is 4.79 Å². The van der Waals surface area contributed by atoms with Crippen molar-refractivity contribution in [3.8, 4) is 17.2 Å². The number of rotatable bonds is 6. The summed E-state index contributed by atoms with van der Waals surface area (Å²) in [5.74, 6) is 1.18. The summed E-state index contributed by atoms with van der Waals surface area (Å²) in [6, 6.07) is 20.6. The third-order valence-corrected chi connectivity index (χ3v) is 5.77. The third-order valence-electron chi connectivity index (χ3n) is 5.56. The topological polar surface area (TPSA) is 76.4 Å². The van der Waals surface area contributed by atoms with Crippen molar-refractivity contribution < 1.29 is 13.9 Å². The molecular formula is C26H25N3O3S. The van der Waals surface area contributed by atoms with Crippen LogP contribution in [0, 0.1) is 0 Å². The Morgan fingerprint density at radius 1 is 1.12 bits per heavy atom. The molecule has 33 heavy (non-hydrogen) atoms. The van der Waals surface area contributed by atoms with Gasteiger partial charge < -0.3 is 14.5 Å². The highest BCUT2D eigenvalue weighted by Gasteiger charge is 2.14. The fraction of sp³-hybridized carbons (Fsp3) is 0.192. The molecule has 0 saturated heterocycles. The van der Waals surface area contributed by atoms with Crippen LogP contribution in [-0.4, -0.2) is 23.1 Å². The Labute approximate surface area is 198 Å². The molecule has 4 aromatic rings. The number of carbonyl (C=O) groups excluding carboxylic acids is 1. The van der Waals surface area contributed by atoms with Gasteiger partial charge in [-0.1, -0.05) is 32.0 Å². The maximum absolute atomic E-state index is 12.5. The van der Waals surface area contributed by atoms with E-state index in [-0.39, 0.29) is 11.0 Å². The molecule has 168 valence electrons. The van der Waals surface area contributed by atoms with E-state index in [0.29, 0.717) is 23.1 Å². The van der Waals surface area contributed by atoms with Crippen LogP contribution in [0.4, 0.5) is 5.69 Å². The maximum atomic E-state index is 12.5. The number of hydrogen-bond acceptors (Lipinski definition) is 5. The minimum Gasteiger partial charge on any atom is -0.496 e. The van der Waals surface area contributed by atoms with Crippen molar-refractivity contribution in [1.82, 2.24) is 10.3 Å². The Morgan fingerprint density at radius 2 is 1.88 bits per heavy atom. The SMILES string of the molecule is CC[C@@H](C)c1ccc2oc(-c3ccc(NC(=S)NC(=O)c4ccccc4OC)cc3)nc2c1. The number of ether oxygens (including phenoxy) is 1. The normalized spacial score (nSPS) is 11.7. The molecular weight excluding hydrogens is 434 g/mol. The zero-order valence-electron chi connectivity index (χ0n) is 18.7. The van der Waals surface area contributed by atoms with Crippen LogP contribution in [0.25, 0.3) is 22.6 Å². The molecule has 0 aliphatic carbocycles. The molecule has 6 nitrogen and oxygen atoms in total. The Kier molecular flexibility index (Phi) is 6.70. The monoisotopic (exact) mass is 459 g/mol. The minimum absolute atomic E-state index is 0.193. The molecule has 2 N–H and O–H groups in total. The number of amides is 1. The Balaban J connectivity index is 1.44. The highest BCUT2D eigenvalue weighted by atomic mass is 32.1. The standard InChI is InChI=1S/C26H25N3O3S/c1-4-16(2)18-11-14-23-21(15-18)28-25(32-23)17-9-12-19(13-10-17)27-26(33)29-24(30)20-7-5-6-8-22(20)31-3/h5-16H,4H2,1-3H3,(H2,27,29,30,33)/t16-/m1/s1. The van der Waals surface area contributed by atoms with E-state index in [2.05, 4.69) is 41.6 Å². The molecule has 3 aromatic carbocycles. The fourth-order valence-electron chi connectivity index (χ4n) is 3.47. The molecule has 0 saturated carbocycles. The third kappa shape index (κ3) is 5.04. The van der Waals surface area contributed by atoms with Crippen molar-refractivity contribution in [2.24, 2.45) is 0 Å². The lowest BCUT2D eigenvalue weighted by molar-refractivity contribution is 0.0975. The number of oxazole rings is 1. The van der Waals surface area contributed by atoms with Gasteiger partial charge in [-0.3, -0.25) is 10.1 Å². The van der Waals surface area contributed by atoms with Crippen molar-refractivity contribution in [1.29, 1.82) is 0 Å². The van der Waals surface area contributed by atoms with Crippen LogP contribution < -0.4 is 15.4 Å². The average molecular weight is 460 g/mol. The number of hydrogen-bond donors (Lipinski definition) is 2. The number of nitrogens with one attached hydrogen (secondary N) is 2. The number of thiocarbonyl (C=S) groups is 1. The minimum atomic E-state index is -0.343. The summed E-state index contributed by atoms with van der Waals surface area (Å²) >= 11 is 5.29. The van der Waals surface area contributed by atoms with Gasteiger partial charge in [0, 0.05) is 11.3 Å². The molecule has 0 radical (unpaired) electrons. The summed E-state index contributed by atoms with van der Waals surface area (Å²) in [5, 5.41) is 5.89. The molecule has 1 atom stereocenters. The molecule has 0 bridgehead atoms. The Morgan fingerprint density at radius 3 is 2.61 bits per heavy atom. The average Bonchev–Trinajstić information content (AvgIpc) is 3.27. The molecule has 1 aromatic heterocycles. The first-order valence-electron chi connectivity index (χ1n) is 10.7. The van der Waals surface area contributed by atoms with E-state index in [0.717, 1.165) is 28.8 Å². The van der Waals surface area contributed by atoms with Crippen LogP contribution in [-0.2, 0) is 0 Å². The van der Waals surface area contributed by atoms with Gasteiger partial charge >= 0.3 is 0 Å². The fourth-order valence-corrected chi connectivity index (χ4v) is 3.68. The van der Waals surface area contributed by atoms with Crippen LogP contribution in [0.2, 0.25) is 0 Å². The molecule has 0 unspecified atom stereocenters. The number of para-hydroxylation sites is 1. The number of fused-ring (bicyclic) bond motifs is 1.